The van der Waals surface area contributed by atoms with Crippen LogP contribution in [0.5, 0.6) is 0 Å². The van der Waals surface area contributed by atoms with E-state index in [1.807, 2.05) is 18.9 Å². The van der Waals surface area contributed by atoms with Crippen LogP contribution < -0.4 is 0 Å². The van der Waals surface area contributed by atoms with Gasteiger partial charge in [-0.05, 0) is 38.2 Å². The Labute approximate surface area is 101 Å². The first-order valence-corrected chi connectivity index (χ1v) is 5.55. The average Bonchev–Trinajstić information content (AvgIpc) is 2.35. The summed E-state index contributed by atoms with van der Waals surface area (Å²) >= 11 is 0. The third-order valence-electron chi connectivity index (χ3n) is 2.82. The number of ether oxygens (including phenoxy) is 1. The SMILES string of the molecule is COCCN(C)C(C)C(=O)c1ccc(F)cc1. The van der Waals surface area contributed by atoms with Gasteiger partial charge >= 0.3 is 0 Å². The molecule has 0 spiro atoms. The second kappa shape index (κ2) is 6.47. The van der Waals surface area contributed by atoms with Crippen molar-refractivity contribution in [2.45, 2.75) is 13.0 Å². The number of carbonyl (C=O) groups excluding carboxylic acids is 1. The van der Waals surface area contributed by atoms with Gasteiger partial charge in [0.2, 0.25) is 0 Å². The van der Waals surface area contributed by atoms with Crippen molar-refractivity contribution in [1.29, 1.82) is 0 Å². The van der Waals surface area contributed by atoms with Gasteiger partial charge in [-0.25, -0.2) is 4.39 Å². The first-order chi connectivity index (χ1) is 8.06. The third-order valence-corrected chi connectivity index (χ3v) is 2.82. The molecule has 0 amide bonds. The van der Waals surface area contributed by atoms with Crippen LogP contribution in [0.2, 0.25) is 0 Å². The highest BCUT2D eigenvalue weighted by Crippen LogP contribution is 2.09. The van der Waals surface area contributed by atoms with Crippen LogP contribution in [0.3, 0.4) is 0 Å². The van der Waals surface area contributed by atoms with Crippen LogP contribution in [-0.2, 0) is 4.74 Å². The quantitative estimate of drug-likeness (QED) is 0.711. The van der Waals surface area contributed by atoms with E-state index >= 15 is 0 Å². The molecule has 0 saturated carbocycles. The zero-order chi connectivity index (χ0) is 12.8. The van der Waals surface area contributed by atoms with E-state index in [2.05, 4.69) is 0 Å². The summed E-state index contributed by atoms with van der Waals surface area (Å²) in [5.41, 5.74) is 0.531. The van der Waals surface area contributed by atoms with Gasteiger partial charge in [-0.1, -0.05) is 0 Å². The van der Waals surface area contributed by atoms with E-state index < -0.39 is 0 Å². The molecular weight excluding hydrogens is 221 g/mol. The minimum Gasteiger partial charge on any atom is -0.383 e. The van der Waals surface area contributed by atoms with Crippen LogP contribution in [-0.4, -0.2) is 44.0 Å². The molecule has 0 N–H and O–H groups in total. The van der Waals surface area contributed by atoms with Gasteiger partial charge < -0.3 is 4.74 Å². The van der Waals surface area contributed by atoms with Crippen molar-refractivity contribution < 1.29 is 13.9 Å². The fourth-order valence-electron chi connectivity index (χ4n) is 1.48. The molecule has 1 unspecified atom stereocenters. The number of Topliss-reactive ketones (excluding diaryl/α,β-unsaturated/α-hetero) is 1. The van der Waals surface area contributed by atoms with Crippen LogP contribution in [0.1, 0.15) is 17.3 Å². The maximum atomic E-state index is 12.7. The molecule has 0 aliphatic carbocycles. The van der Waals surface area contributed by atoms with Gasteiger partial charge in [0.1, 0.15) is 5.82 Å². The van der Waals surface area contributed by atoms with Crippen LogP contribution in [0.15, 0.2) is 24.3 Å². The molecule has 0 fully saturated rings. The van der Waals surface area contributed by atoms with E-state index in [0.717, 1.165) is 0 Å². The molecule has 0 heterocycles. The Morgan fingerprint density at radius 3 is 2.53 bits per heavy atom. The van der Waals surface area contributed by atoms with Gasteiger partial charge in [-0.15, -0.1) is 0 Å². The number of benzene rings is 1. The summed E-state index contributed by atoms with van der Waals surface area (Å²) in [6, 6.07) is 5.39. The summed E-state index contributed by atoms with van der Waals surface area (Å²) in [5.74, 6) is -0.342. The first-order valence-electron chi connectivity index (χ1n) is 5.55. The Morgan fingerprint density at radius 2 is 2.00 bits per heavy atom. The minimum atomic E-state index is -0.332. The number of likely N-dealkylation sites (N-methyl/N-ethyl adjacent to an activating group) is 1. The van der Waals surface area contributed by atoms with Crippen molar-refractivity contribution in [3.63, 3.8) is 0 Å². The van der Waals surface area contributed by atoms with Gasteiger partial charge in [0.15, 0.2) is 5.78 Å². The predicted octanol–water partition coefficient (Wildman–Crippen LogP) is 1.98. The monoisotopic (exact) mass is 239 g/mol. The Morgan fingerprint density at radius 1 is 1.41 bits per heavy atom. The maximum absolute atomic E-state index is 12.7. The van der Waals surface area contributed by atoms with Crippen molar-refractivity contribution in [1.82, 2.24) is 4.90 Å². The Hall–Kier alpha value is -1.26. The standard InChI is InChI=1S/C13H18FNO2/c1-10(15(2)8-9-17-3)13(16)11-4-6-12(14)7-5-11/h4-7,10H,8-9H2,1-3H3. The number of carbonyl (C=O) groups is 1. The average molecular weight is 239 g/mol. The number of methoxy groups -OCH3 is 1. The lowest BCUT2D eigenvalue weighted by atomic mass is 10.0. The van der Waals surface area contributed by atoms with E-state index in [9.17, 15) is 9.18 Å². The lowest BCUT2D eigenvalue weighted by molar-refractivity contribution is 0.0826. The molecule has 1 rings (SSSR count). The lowest BCUT2D eigenvalue weighted by Crippen LogP contribution is -2.38. The third kappa shape index (κ3) is 3.91. The number of halogens is 1. The van der Waals surface area contributed by atoms with E-state index in [4.69, 9.17) is 4.74 Å². The zero-order valence-electron chi connectivity index (χ0n) is 10.4. The number of nitrogens with zero attached hydrogens (tertiary/aromatic N) is 1. The lowest BCUT2D eigenvalue weighted by Gasteiger charge is -2.23. The highest BCUT2D eigenvalue weighted by molar-refractivity contribution is 5.99. The number of rotatable bonds is 6. The topological polar surface area (TPSA) is 29.5 Å². The number of hydrogen-bond acceptors (Lipinski definition) is 3. The fourth-order valence-corrected chi connectivity index (χ4v) is 1.48. The maximum Gasteiger partial charge on any atom is 0.179 e. The van der Waals surface area contributed by atoms with Crippen molar-refractivity contribution in [2.75, 3.05) is 27.3 Å². The minimum absolute atomic E-state index is 0.0106. The van der Waals surface area contributed by atoms with Crippen molar-refractivity contribution in [2.24, 2.45) is 0 Å². The summed E-state index contributed by atoms with van der Waals surface area (Å²) in [4.78, 5) is 14.0. The predicted molar refractivity (Wildman–Crippen MR) is 64.7 cm³/mol. The molecule has 0 radical (unpaired) electrons. The molecule has 0 saturated heterocycles. The fraction of sp³-hybridized carbons (Fsp3) is 0.462. The second-order valence-corrected chi connectivity index (χ2v) is 4.02. The van der Waals surface area contributed by atoms with Gasteiger partial charge in [0.05, 0.1) is 12.6 Å². The molecule has 94 valence electrons. The smallest absolute Gasteiger partial charge is 0.179 e. The molecule has 1 atom stereocenters. The molecule has 3 nitrogen and oxygen atoms in total. The molecule has 0 aliphatic heterocycles. The molecule has 4 heteroatoms. The van der Waals surface area contributed by atoms with E-state index in [1.165, 1.54) is 24.3 Å². The Bertz CT molecular complexity index is 364. The van der Waals surface area contributed by atoms with E-state index in [-0.39, 0.29) is 17.6 Å². The first kappa shape index (κ1) is 13.8. The molecule has 1 aromatic carbocycles. The van der Waals surface area contributed by atoms with Gasteiger partial charge in [-0.3, -0.25) is 9.69 Å². The van der Waals surface area contributed by atoms with Crippen LogP contribution in [0.25, 0.3) is 0 Å². The zero-order valence-corrected chi connectivity index (χ0v) is 10.4. The van der Waals surface area contributed by atoms with E-state index in [1.54, 1.807) is 7.11 Å². The van der Waals surface area contributed by atoms with Crippen LogP contribution in [0, 0.1) is 5.82 Å². The summed E-state index contributed by atoms with van der Waals surface area (Å²) in [6.07, 6.45) is 0. The van der Waals surface area contributed by atoms with Gasteiger partial charge in [-0.2, -0.15) is 0 Å². The summed E-state index contributed by atoms with van der Waals surface area (Å²) in [7, 11) is 3.49. The van der Waals surface area contributed by atoms with Gasteiger partial charge in [0.25, 0.3) is 0 Å². The molecule has 0 bridgehead atoms. The summed E-state index contributed by atoms with van der Waals surface area (Å²) in [6.45, 7) is 3.10. The van der Waals surface area contributed by atoms with Crippen molar-refractivity contribution >= 4 is 5.78 Å². The van der Waals surface area contributed by atoms with Gasteiger partial charge in [0, 0.05) is 19.2 Å². The Balaban J connectivity index is 2.65. The number of ketones is 1. The molecule has 17 heavy (non-hydrogen) atoms. The number of hydrogen-bond donors (Lipinski definition) is 0. The van der Waals surface area contributed by atoms with E-state index in [0.29, 0.717) is 18.7 Å². The molecule has 0 aromatic heterocycles. The Kier molecular flexibility index (Phi) is 5.25. The summed E-state index contributed by atoms with van der Waals surface area (Å²) < 4.78 is 17.7. The molecule has 1 aromatic rings. The highest BCUT2D eigenvalue weighted by Gasteiger charge is 2.19. The largest absolute Gasteiger partial charge is 0.383 e. The van der Waals surface area contributed by atoms with Crippen LogP contribution in [0.4, 0.5) is 4.39 Å². The normalized spacial score (nSPS) is 12.8. The molecular formula is C13H18FNO2. The highest BCUT2D eigenvalue weighted by atomic mass is 19.1. The van der Waals surface area contributed by atoms with Crippen LogP contribution >= 0.6 is 0 Å². The van der Waals surface area contributed by atoms with Crippen molar-refractivity contribution in [3.05, 3.63) is 35.6 Å². The second-order valence-electron chi connectivity index (χ2n) is 4.02. The van der Waals surface area contributed by atoms with Crippen molar-refractivity contribution in [3.8, 4) is 0 Å². The molecule has 0 aliphatic rings. The summed E-state index contributed by atoms with van der Waals surface area (Å²) in [5, 5.41) is 0.